The molecule has 0 unspecified atom stereocenters. The predicted molar refractivity (Wildman–Crippen MR) is 84.0 cm³/mol. The van der Waals surface area contributed by atoms with E-state index in [1.165, 1.54) is 0 Å². The quantitative estimate of drug-likeness (QED) is 0.625. The zero-order valence-corrected chi connectivity index (χ0v) is 12.4. The van der Waals surface area contributed by atoms with E-state index in [2.05, 4.69) is 0 Å². The first-order valence-corrected chi connectivity index (χ1v) is 9.53. The molecular formula is C18H15Sn. The van der Waals surface area contributed by atoms with Crippen molar-refractivity contribution in [1.82, 2.24) is 0 Å². The molecule has 0 aliphatic heterocycles. The fraction of sp³-hybridized carbons (Fsp3) is 0. The van der Waals surface area contributed by atoms with Crippen LogP contribution in [0.25, 0.3) is 0 Å². The second-order valence-corrected chi connectivity index (χ2v) is 9.80. The first-order chi connectivity index (χ1) is 15.7. The van der Waals surface area contributed by atoms with E-state index in [9.17, 15) is 0 Å². The van der Waals surface area contributed by atoms with E-state index in [0.717, 1.165) is 0 Å². The summed E-state index contributed by atoms with van der Waals surface area (Å²) < 4.78 is 121. The van der Waals surface area contributed by atoms with Gasteiger partial charge in [-0.05, 0) is 0 Å². The molecule has 0 fully saturated rings. The van der Waals surface area contributed by atoms with Gasteiger partial charge in [0.2, 0.25) is 0 Å². The van der Waals surface area contributed by atoms with E-state index in [1.807, 2.05) is 0 Å². The van der Waals surface area contributed by atoms with Crippen molar-refractivity contribution in [2.24, 2.45) is 0 Å². The van der Waals surface area contributed by atoms with Gasteiger partial charge in [-0.3, -0.25) is 0 Å². The van der Waals surface area contributed by atoms with E-state index in [0.29, 0.717) is 0 Å². The van der Waals surface area contributed by atoms with Gasteiger partial charge in [-0.2, -0.15) is 0 Å². The second kappa shape index (κ2) is 6.07. The minimum absolute atomic E-state index is 0.384. The summed E-state index contributed by atoms with van der Waals surface area (Å²) in [6, 6.07) is -10.9. The Labute approximate surface area is 142 Å². The average molecular weight is 365 g/mol. The molecule has 0 aliphatic rings. The molecule has 3 aromatic carbocycles. The number of benzene rings is 3. The third kappa shape index (κ3) is 2.90. The van der Waals surface area contributed by atoms with Gasteiger partial charge in [-0.25, -0.2) is 0 Å². The Bertz CT molecular complexity index is 1110. The molecular weight excluding hydrogens is 335 g/mol. The Morgan fingerprint density at radius 2 is 0.737 bits per heavy atom. The van der Waals surface area contributed by atoms with Crippen LogP contribution in [-0.2, 0) is 0 Å². The van der Waals surface area contributed by atoms with Crippen LogP contribution in [0.3, 0.4) is 0 Å². The number of hydrogen-bond donors (Lipinski definition) is 0. The summed E-state index contributed by atoms with van der Waals surface area (Å²) in [6.45, 7) is 0. The van der Waals surface area contributed by atoms with Crippen LogP contribution in [0, 0.1) is 0 Å². The van der Waals surface area contributed by atoms with Crippen LogP contribution < -0.4 is 10.7 Å². The molecule has 1 radical (unpaired) electrons. The molecule has 0 spiro atoms. The summed E-state index contributed by atoms with van der Waals surface area (Å²) >= 11 is -4.70. The van der Waals surface area contributed by atoms with Crippen molar-refractivity contribution in [2.75, 3.05) is 0 Å². The molecule has 0 bridgehead atoms. The molecule has 0 heterocycles. The van der Waals surface area contributed by atoms with Crippen molar-refractivity contribution < 1.29 is 20.6 Å². The molecule has 0 saturated heterocycles. The van der Waals surface area contributed by atoms with E-state index < -0.39 is 110 Å². The molecule has 0 aliphatic carbocycles. The van der Waals surface area contributed by atoms with Gasteiger partial charge in [0.25, 0.3) is 0 Å². The van der Waals surface area contributed by atoms with Gasteiger partial charge in [0.05, 0.1) is 0 Å². The molecule has 0 N–H and O–H groups in total. The van der Waals surface area contributed by atoms with Crippen LogP contribution in [0.1, 0.15) is 20.6 Å². The van der Waals surface area contributed by atoms with Crippen LogP contribution in [0.15, 0.2) is 90.6 Å². The normalized spacial score (nSPS) is 21.6. The van der Waals surface area contributed by atoms with Crippen molar-refractivity contribution in [3.8, 4) is 0 Å². The first kappa shape index (κ1) is 3.98. The molecule has 19 heavy (non-hydrogen) atoms. The van der Waals surface area contributed by atoms with Gasteiger partial charge < -0.3 is 0 Å². The Kier molecular flexibility index (Phi) is 1.27. The molecule has 0 saturated carbocycles. The number of hydrogen-bond acceptors (Lipinski definition) is 0. The van der Waals surface area contributed by atoms with Gasteiger partial charge in [0.15, 0.2) is 0 Å². The molecule has 0 nitrogen and oxygen atoms in total. The first-order valence-electron chi connectivity index (χ1n) is 12.8. The standard InChI is InChI=1S/3C6H5.Sn/c3*1-2-4-6-5-3-1;/h3*1-5H;/i3*1D,2D,3D,4D,5D;. The van der Waals surface area contributed by atoms with Crippen molar-refractivity contribution >= 4 is 30.5 Å². The third-order valence-corrected chi connectivity index (χ3v) is 8.67. The maximum atomic E-state index is 8.42. The Hall–Kier alpha value is -1.54. The van der Waals surface area contributed by atoms with Gasteiger partial charge in [-0.1, -0.05) is 0 Å². The van der Waals surface area contributed by atoms with Gasteiger partial charge in [0.1, 0.15) is 0 Å². The summed E-state index contributed by atoms with van der Waals surface area (Å²) in [4.78, 5) is 0. The molecule has 0 aromatic heterocycles. The van der Waals surface area contributed by atoms with E-state index in [4.69, 9.17) is 20.6 Å². The predicted octanol–water partition coefficient (Wildman–Crippen LogP) is 2.20. The Morgan fingerprint density at radius 3 is 1.00 bits per heavy atom. The van der Waals surface area contributed by atoms with Crippen LogP contribution in [-0.4, -0.2) is 19.8 Å². The summed E-state index contributed by atoms with van der Waals surface area (Å²) in [7, 11) is 0. The fourth-order valence-corrected chi connectivity index (χ4v) is 6.85. The molecule has 1 heteroatoms. The zero-order chi connectivity index (χ0) is 26.0. The average Bonchev–Trinajstić information content (AvgIpc) is 2.81. The Morgan fingerprint density at radius 1 is 0.474 bits per heavy atom. The van der Waals surface area contributed by atoms with Crippen molar-refractivity contribution in [3.63, 3.8) is 0 Å². The molecule has 0 amide bonds. The minimum atomic E-state index is -4.70. The van der Waals surface area contributed by atoms with E-state index >= 15 is 0 Å². The fourth-order valence-electron chi connectivity index (χ4n) is 1.50. The number of rotatable bonds is 3. The topological polar surface area (TPSA) is 0 Å². The maximum absolute atomic E-state index is 8.42. The second-order valence-electron chi connectivity index (χ2n) is 3.38. The Balaban J connectivity index is 2.68. The molecule has 3 aromatic rings. The summed E-state index contributed by atoms with van der Waals surface area (Å²) in [5.74, 6) is 0. The molecule has 91 valence electrons. The van der Waals surface area contributed by atoms with Crippen molar-refractivity contribution in [1.29, 1.82) is 0 Å². The van der Waals surface area contributed by atoms with Crippen molar-refractivity contribution in [2.45, 2.75) is 0 Å². The third-order valence-electron chi connectivity index (χ3n) is 2.25. The van der Waals surface area contributed by atoms with Gasteiger partial charge >= 0.3 is 142 Å². The van der Waals surface area contributed by atoms with Gasteiger partial charge in [-0.15, -0.1) is 0 Å². The summed E-state index contributed by atoms with van der Waals surface area (Å²) in [5.41, 5.74) is 0. The van der Waals surface area contributed by atoms with Crippen LogP contribution in [0.2, 0.25) is 0 Å². The van der Waals surface area contributed by atoms with Crippen LogP contribution >= 0.6 is 0 Å². The molecule has 0 atom stereocenters. The SMILES string of the molecule is [2H]c1c([2H])c([2H])[c]([Sn]([c]2c([2H])c([2H])c([2H])c([2H])c2[2H])[c]2c([2H])c([2H])c([2H])c([2H])c2[2H])c([2H])c1[2H]. The zero-order valence-electron chi connectivity index (χ0n) is 24.5. The molecule has 3 rings (SSSR count). The monoisotopic (exact) mass is 366 g/mol. The van der Waals surface area contributed by atoms with E-state index in [-0.39, 0.29) is 10.7 Å². The van der Waals surface area contributed by atoms with E-state index in [1.54, 1.807) is 0 Å². The van der Waals surface area contributed by atoms with Gasteiger partial charge in [0, 0.05) is 0 Å². The van der Waals surface area contributed by atoms with Crippen LogP contribution in [0.5, 0.6) is 0 Å². The summed E-state index contributed by atoms with van der Waals surface area (Å²) in [5, 5.41) is 0. The van der Waals surface area contributed by atoms with Crippen molar-refractivity contribution in [3.05, 3.63) is 90.6 Å². The summed E-state index contributed by atoms with van der Waals surface area (Å²) in [6.07, 6.45) is 0. The van der Waals surface area contributed by atoms with Crippen LogP contribution in [0.4, 0.5) is 0 Å².